The first kappa shape index (κ1) is 29.6. The van der Waals surface area contributed by atoms with E-state index in [1.54, 1.807) is 24.4 Å². The van der Waals surface area contributed by atoms with Gasteiger partial charge in [0.25, 0.3) is 0 Å². The molecule has 0 unspecified atom stereocenters. The van der Waals surface area contributed by atoms with Crippen LogP contribution in [-0.4, -0.2) is 54.3 Å². The summed E-state index contributed by atoms with van der Waals surface area (Å²) < 4.78 is 42.3. The summed E-state index contributed by atoms with van der Waals surface area (Å²) in [6, 6.07) is 9.54. The molecule has 218 valence electrons. The first-order valence-corrected chi connectivity index (χ1v) is 14.1. The van der Waals surface area contributed by atoms with E-state index in [0.29, 0.717) is 28.4 Å². The van der Waals surface area contributed by atoms with Gasteiger partial charge in [0.05, 0.1) is 11.1 Å². The second-order valence-electron chi connectivity index (χ2n) is 11.6. The van der Waals surface area contributed by atoms with Crippen LogP contribution in [0, 0.1) is 24.7 Å². The minimum atomic E-state index is -4.50. The molecule has 42 heavy (non-hydrogen) atoms. The summed E-state index contributed by atoms with van der Waals surface area (Å²) in [5.41, 5.74) is 10.6. The SMILES string of the molecule is Cc1ccc(C(=O)Cc2ccc(CN3CC[C@@H](CN(C)C)C3)c(C(F)(F)F)c2)cc1C#Cc1cnc(N)c2c1C=CC2. The van der Waals surface area contributed by atoms with E-state index in [2.05, 4.69) is 26.6 Å². The Balaban J connectivity index is 1.33. The summed E-state index contributed by atoms with van der Waals surface area (Å²) in [5.74, 6) is 6.99. The van der Waals surface area contributed by atoms with E-state index < -0.39 is 11.7 Å². The smallest absolute Gasteiger partial charge is 0.383 e. The summed E-state index contributed by atoms with van der Waals surface area (Å²) in [6.45, 7) is 4.63. The van der Waals surface area contributed by atoms with Gasteiger partial charge in [0.15, 0.2) is 5.78 Å². The van der Waals surface area contributed by atoms with E-state index in [-0.39, 0.29) is 24.3 Å². The van der Waals surface area contributed by atoms with E-state index in [0.717, 1.165) is 60.8 Å². The lowest BCUT2D eigenvalue weighted by molar-refractivity contribution is -0.138. The Morgan fingerprint density at radius 1 is 1.14 bits per heavy atom. The molecule has 1 fully saturated rings. The standard InChI is InChI=1S/C34H35F3N4O/c1-22-7-9-26(17-25(22)11-12-27-18-39-33(38)30-6-4-5-29(27)30)32(42)16-23-8-10-28(31(15-23)34(35,36)37)21-41-14-13-24(20-41)19-40(2)3/h4-5,7-10,15,17-18,24H,6,13-14,16,19-21H2,1-3H3,(H2,38,39)/t24-/m0/s1. The summed E-state index contributed by atoms with van der Waals surface area (Å²) in [5, 5.41) is 0. The number of hydrogen-bond donors (Lipinski definition) is 1. The molecule has 5 nitrogen and oxygen atoms in total. The number of benzene rings is 2. The highest BCUT2D eigenvalue weighted by Gasteiger charge is 2.35. The van der Waals surface area contributed by atoms with Crippen molar-refractivity contribution < 1.29 is 18.0 Å². The third-order valence-electron chi connectivity index (χ3n) is 7.99. The Bertz CT molecular complexity index is 1600. The number of allylic oxidation sites excluding steroid dienone is 1. The number of fused-ring (bicyclic) bond motifs is 1. The van der Waals surface area contributed by atoms with E-state index in [9.17, 15) is 18.0 Å². The van der Waals surface area contributed by atoms with Crippen molar-refractivity contribution in [2.75, 3.05) is 39.5 Å². The van der Waals surface area contributed by atoms with Crippen molar-refractivity contribution in [3.8, 4) is 11.8 Å². The van der Waals surface area contributed by atoms with Crippen molar-refractivity contribution in [1.82, 2.24) is 14.8 Å². The number of halogens is 3. The summed E-state index contributed by atoms with van der Waals surface area (Å²) >= 11 is 0. The van der Waals surface area contributed by atoms with Gasteiger partial charge in [-0.25, -0.2) is 4.98 Å². The summed E-state index contributed by atoms with van der Waals surface area (Å²) in [6.07, 6.45) is 2.71. The number of carbonyl (C=O) groups is 1. The minimum absolute atomic E-state index is 0.131. The monoisotopic (exact) mass is 572 g/mol. The van der Waals surface area contributed by atoms with Crippen LogP contribution in [0.5, 0.6) is 0 Å². The van der Waals surface area contributed by atoms with Crippen LogP contribution in [0.2, 0.25) is 0 Å². The number of ketones is 1. The zero-order chi connectivity index (χ0) is 30.0. The first-order valence-electron chi connectivity index (χ1n) is 14.1. The summed E-state index contributed by atoms with van der Waals surface area (Å²) in [4.78, 5) is 21.7. The highest BCUT2D eigenvalue weighted by atomic mass is 19.4. The highest BCUT2D eigenvalue weighted by molar-refractivity contribution is 5.98. The number of pyridine rings is 1. The second-order valence-corrected chi connectivity index (χ2v) is 11.6. The molecule has 0 amide bonds. The van der Waals surface area contributed by atoms with Crippen LogP contribution in [0.4, 0.5) is 19.0 Å². The molecule has 1 aromatic heterocycles. The molecule has 0 spiro atoms. The molecule has 2 N–H and O–H groups in total. The maximum absolute atomic E-state index is 14.1. The lowest BCUT2D eigenvalue weighted by Gasteiger charge is -2.21. The highest BCUT2D eigenvalue weighted by Crippen LogP contribution is 2.34. The van der Waals surface area contributed by atoms with Crippen molar-refractivity contribution in [2.24, 2.45) is 5.92 Å². The number of nitrogens with zero attached hydrogens (tertiary/aromatic N) is 3. The topological polar surface area (TPSA) is 62.5 Å². The van der Waals surface area contributed by atoms with Crippen LogP contribution < -0.4 is 5.73 Å². The third-order valence-corrected chi connectivity index (χ3v) is 7.99. The normalized spacial score (nSPS) is 16.5. The zero-order valence-electron chi connectivity index (χ0n) is 24.2. The second kappa shape index (κ2) is 12.1. The number of nitrogens with two attached hydrogens (primary N) is 1. The van der Waals surface area contributed by atoms with Gasteiger partial charge in [-0.3, -0.25) is 9.69 Å². The molecule has 8 heteroatoms. The van der Waals surface area contributed by atoms with Crippen molar-refractivity contribution in [2.45, 2.75) is 38.9 Å². The molecule has 1 aliphatic heterocycles. The molecule has 0 radical (unpaired) electrons. The zero-order valence-corrected chi connectivity index (χ0v) is 24.2. The van der Waals surface area contributed by atoms with E-state index in [4.69, 9.17) is 5.73 Å². The Morgan fingerprint density at radius 2 is 1.93 bits per heavy atom. The van der Waals surface area contributed by atoms with Crippen LogP contribution in [0.3, 0.4) is 0 Å². The maximum Gasteiger partial charge on any atom is 0.416 e. The average Bonchev–Trinajstić information content (AvgIpc) is 3.59. The molecule has 1 aliphatic carbocycles. The largest absolute Gasteiger partial charge is 0.416 e. The molecule has 2 aliphatic rings. The fourth-order valence-electron chi connectivity index (χ4n) is 5.83. The Morgan fingerprint density at radius 3 is 2.69 bits per heavy atom. The molecule has 0 saturated carbocycles. The summed E-state index contributed by atoms with van der Waals surface area (Å²) in [7, 11) is 4.02. The van der Waals surface area contributed by atoms with Gasteiger partial charge in [-0.15, -0.1) is 0 Å². The molecule has 5 rings (SSSR count). The van der Waals surface area contributed by atoms with Crippen molar-refractivity contribution in [3.63, 3.8) is 0 Å². The van der Waals surface area contributed by atoms with Crippen molar-refractivity contribution in [3.05, 3.63) is 98.7 Å². The van der Waals surface area contributed by atoms with Crippen molar-refractivity contribution >= 4 is 17.7 Å². The van der Waals surface area contributed by atoms with Gasteiger partial charge < -0.3 is 10.6 Å². The van der Waals surface area contributed by atoms with Gasteiger partial charge in [-0.05, 0) is 80.7 Å². The molecular weight excluding hydrogens is 537 g/mol. The Hall–Kier alpha value is -3.93. The number of rotatable bonds is 7. The fourth-order valence-corrected chi connectivity index (χ4v) is 5.83. The molecule has 3 aromatic rings. The number of hydrogen-bond acceptors (Lipinski definition) is 5. The van der Waals surface area contributed by atoms with Gasteiger partial charge in [-0.2, -0.15) is 13.2 Å². The molecule has 2 aromatic carbocycles. The number of carbonyl (C=O) groups excluding carboxylic acids is 1. The third kappa shape index (κ3) is 6.75. The predicted molar refractivity (Wildman–Crippen MR) is 160 cm³/mol. The quantitative estimate of drug-likeness (QED) is 0.288. The van der Waals surface area contributed by atoms with Crippen LogP contribution >= 0.6 is 0 Å². The first-order chi connectivity index (χ1) is 20.0. The average molecular weight is 573 g/mol. The fraction of sp³-hybridized carbons (Fsp3) is 0.353. The molecule has 1 saturated heterocycles. The number of alkyl halides is 3. The van der Waals surface area contributed by atoms with Gasteiger partial charge >= 0.3 is 6.18 Å². The van der Waals surface area contributed by atoms with E-state index in [1.165, 1.54) is 6.07 Å². The van der Waals surface area contributed by atoms with E-state index in [1.807, 2.05) is 39.2 Å². The van der Waals surface area contributed by atoms with Gasteiger partial charge in [0, 0.05) is 48.9 Å². The van der Waals surface area contributed by atoms with Crippen LogP contribution in [0.1, 0.15) is 61.3 Å². The Labute approximate surface area is 245 Å². The van der Waals surface area contributed by atoms with Crippen LogP contribution in [0.25, 0.3) is 6.08 Å². The molecule has 1 atom stereocenters. The maximum atomic E-state index is 14.1. The van der Waals surface area contributed by atoms with Crippen LogP contribution in [-0.2, 0) is 25.6 Å². The number of anilines is 1. The van der Waals surface area contributed by atoms with Gasteiger partial charge in [0.2, 0.25) is 0 Å². The number of Topliss-reactive ketones (excluding diaryl/α,β-unsaturated/α-hetero) is 1. The number of aryl methyl sites for hydroxylation is 1. The van der Waals surface area contributed by atoms with Crippen LogP contribution in [0.15, 0.2) is 48.7 Å². The van der Waals surface area contributed by atoms with Gasteiger partial charge in [-0.1, -0.05) is 48.3 Å². The Kier molecular flexibility index (Phi) is 8.53. The predicted octanol–water partition coefficient (Wildman–Crippen LogP) is 5.77. The number of aromatic nitrogens is 1. The molecule has 2 heterocycles. The van der Waals surface area contributed by atoms with Gasteiger partial charge in [0.1, 0.15) is 5.82 Å². The lowest BCUT2D eigenvalue weighted by Crippen LogP contribution is -2.26. The molecule has 0 bridgehead atoms. The van der Waals surface area contributed by atoms with E-state index >= 15 is 0 Å². The lowest BCUT2D eigenvalue weighted by atomic mass is 9.96. The molecular formula is C34H35F3N4O. The van der Waals surface area contributed by atoms with Crippen molar-refractivity contribution in [1.29, 1.82) is 0 Å². The minimum Gasteiger partial charge on any atom is -0.383 e. The number of likely N-dealkylation sites (tertiary alicyclic amines) is 1. The number of nitrogen functional groups attached to an aromatic ring is 1.